The van der Waals surface area contributed by atoms with Crippen molar-refractivity contribution in [3.05, 3.63) is 54.0 Å². The number of nitrogens with one attached hydrogen (secondary N) is 1. The molecule has 1 aromatic carbocycles. The number of carbonyl (C=O) groups excluding carboxylic acids is 1. The number of likely N-dealkylation sites (tertiary alicyclic amines) is 1. The van der Waals surface area contributed by atoms with Crippen molar-refractivity contribution in [2.75, 3.05) is 13.1 Å². The van der Waals surface area contributed by atoms with Crippen molar-refractivity contribution < 1.29 is 4.79 Å². The Morgan fingerprint density at radius 1 is 1.38 bits per heavy atom. The second kappa shape index (κ2) is 6.98. The van der Waals surface area contributed by atoms with Gasteiger partial charge in [0.05, 0.1) is 6.20 Å². The molecular formula is C21H26N4O. The summed E-state index contributed by atoms with van der Waals surface area (Å²) in [5, 5.41) is 5.49. The van der Waals surface area contributed by atoms with Crippen LogP contribution in [0.4, 0.5) is 0 Å². The second-order valence-electron chi connectivity index (χ2n) is 7.54. The summed E-state index contributed by atoms with van der Waals surface area (Å²) in [5.74, 6) is 0.661. The van der Waals surface area contributed by atoms with Gasteiger partial charge in [0.25, 0.3) is 0 Å². The van der Waals surface area contributed by atoms with Crippen molar-refractivity contribution >= 4 is 16.8 Å². The highest BCUT2D eigenvalue weighted by Gasteiger charge is 2.28. The minimum absolute atomic E-state index is 0.0130. The van der Waals surface area contributed by atoms with Crippen LogP contribution in [0.3, 0.4) is 0 Å². The average molecular weight is 350 g/mol. The normalized spacial score (nSPS) is 19.0. The lowest BCUT2D eigenvalue weighted by molar-refractivity contribution is -0.136. The first kappa shape index (κ1) is 16.9. The topological polar surface area (TPSA) is 53.9 Å². The van der Waals surface area contributed by atoms with Gasteiger partial charge in [0.15, 0.2) is 0 Å². The number of rotatable bonds is 4. The molecule has 1 aliphatic heterocycles. The first-order valence-corrected chi connectivity index (χ1v) is 9.44. The number of benzene rings is 1. The third kappa shape index (κ3) is 3.26. The summed E-state index contributed by atoms with van der Waals surface area (Å²) in [6.07, 6.45) is 8.94. The maximum atomic E-state index is 13.0. The number of hydrogen-bond donors (Lipinski definition) is 1. The minimum Gasteiger partial charge on any atom is -0.361 e. The third-order valence-corrected chi connectivity index (χ3v) is 5.52. The number of aryl methyl sites for hydroxylation is 1. The molecule has 2 unspecified atom stereocenters. The van der Waals surface area contributed by atoms with Crippen molar-refractivity contribution in [1.82, 2.24) is 19.7 Å². The number of aromatic nitrogens is 3. The highest BCUT2D eigenvalue weighted by atomic mass is 16.2. The Hall–Kier alpha value is -2.56. The number of nitrogens with zero attached hydrogens (tertiary/aromatic N) is 3. The Bertz CT molecular complexity index is 910. The van der Waals surface area contributed by atoms with Gasteiger partial charge in [0.2, 0.25) is 5.91 Å². The minimum atomic E-state index is -0.0130. The molecule has 0 radical (unpaired) electrons. The van der Waals surface area contributed by atoms with E-state index in [4.69, 9.17) is 0 Å². The summed E-state index contributed by atoms with van der Waals surface area (Å²) < 4.78 is 1.79. The standard InChI is InChI=1S/C21H26N4O/c1-15(10-16-11-23-24(2)13-16)21(26)25-9-5-6-17(14-25)19-12-22-20-8-4-3-7-18(19)20/h3-4,7-8,11-13,15,17,22H,5-6,9-10,14H2,1-2H3. The molecule has 1 amide bonds. The van der Waals surface area contributed by atoms with Crippen LogP contribution in [0.25, 0.3) is 10.9 Å². The summed E-state index contributed by atoms with van der Waals surface area (Å²) >= 11 is 0. The van der Waals surface area contributed by atoms with Gasteiger partial charge in [-0.1, -0.05) is 25.1 Å². The monoisotopic (exact) mass is 350 g/mol. The van der Waals surface area contributed by atoms with E-state index in [1.165, 1.54) is 16.5 Å². The van der Waals surface area contributed by atoms with Crippen LogP contribution < -0.4 is 0 Å². The van der Waals surface area contributed by atoms with Gasteiger partial charge < -0.3 is 9.88 Å². The highest BCUT2D eigenvalue weighted by molar-refractivity contribution is 5.84. The molecule has 1 N–H and O–H groups in total. The summed E-state index contributed by atoms with van der Waals surface area (Å²) in [6.45, 7) is 3.72. The van der Waals surface area contributed by atoms with Crippen LogP contribution >= 0.6 is 0 Å². The van der Waals surface area contributed by atoms with Crippen molar-refractivity contribution in [2.45, 2.75) is 32.1 Å². The van der Waals surface area contributed by atoms with Crippen molar-refractivity contribution in [1.29, 1.82) is 0 Å². The lowest BCUT2D eigenvalue weighted by Gasteiger charge is -2.34. The first-order chi connectivity index (χ1) is 12.6. The summed E-state index contributed by atoms with van der Waals surface area (Å²) in [7, 11) is 1.91. The first-order valence-electron chi connectivity index (χ1n) is 9.44. The zero-order chi connectivity index (χ0) is 18.1. The molecule has 26 heavy (non-hydrogen) atoms. The van der Waals surface area contributed by atoms with E-state index in [1.807, 2.05) is 26.4 Å². The molecule has 0 aliphatic carbocycles. The van der Waals surface area contributed by atoms with Crippen LogP contribution in [0.5, 0.6) is 0 Å². The molecule has 2 atom stereocenters. The van der Waals surface area contributed by atoms with E-state index >= 15 is 0 Å². The number of amides is 1. The fraction of sp³-hybridized carbons (Fsp3) is 0.429. The summed E-state index contributed by atoms with van der Waals surface area (Å²) in [4.78, 5) is 18.4. The Labute approximate surface area is 154 Å². The zero-order valence-electron chi connectivity index (χ0n) is 15.5. The number of fused-ring (bicyclic) bond motifs is 1. The number of hydrogen-bond acceptors (Lipinski definition) is 2. The molecule has 136 valence electrons. The molecule has 5 heteroatoms. The molecule has 1 fully saturated rings. The number of aromatic amines is 1. The Morgan fingerprint density at radius 2 is 2.23 bits per heavy atom. The van der Waals surface area contributed by atoms with Crippen molar-refractivity contribution in [2.24, 2.45) is 13.0 Å². The molecule has 3 heterocycles. The lowest BCUT2D eigenvalue weighted by atomic mass is 9.89. The second-order valence-corrected chi connectivity index (χ2v) is 7.54. The SMILES string of the molecule is CC(Cc1cnn(C)c1)C(=O)N1CCCC(c2c[nH]c3ccccc23)C1. The molecule has 0 spiro atoms. The molecule has 3 aromatic rings. The smallest absolute Gasteiger partial charge is 0.225 e. The fourth-order valence-electron chi connectivity index (χ4n) is 4.19. The van der Waals surface area contributed by atoms with Gasteiger partial charge in [-0.15, -0.1) is 0 Å². The quantitative estimate of drug-likeness (QED) is 0.783. The van der Waals surface area contributed by atoms with E-state index in [0.29, 0.717) is 5.92 Å². The van der Waals surface area contributed by atoms with Gasteiger partial charge in [0, 0.05) is 55.3 Å². The fourth-order valence-corrected chi connectivity index (χ4v) is 4.19. The predicted molar refractivity (Wildman–Crippen MR) is 103 cm³/mol. The van der Waals surface area contributed by atoms with Gasteiger partial charge in [0.1, 0.15) is 0 Å². The molecule has 4 rings (SSSR count). The molecule has 1 aliphatic rings. The van der Waals surface area contributed by atoms with E-state index in [9.17, 15) is 4.79 Å². The van der Waals surface area contributed by atoms with Crippen molar-refractivity contribution in [3.63, 3.8) is 0 Å². The zero-order valence-corrected chi connectivity index (χ0v) is 15.5. The number of H-pyrrole nitrogens is 1. The van der Waals surface area contributed by atoms with Crippen LogP contribution in [0.2, 0.25) is 0 Å². The Morgan fingerprint density at radius 3 is 3.04 bits per heavy atom. The van der Waals surface area contributed by atoms with E-state index < -0.39 is 0 Å². The average Bonchev–Trinajstić information content (AvgIpc) is 3.27. The Kier molecular flexibility index (Phi) is 4.53. The molecule has 5 nitrogen and oxygen atoms in total. The number of para-hydroxylation sites is 1. The highest BCUT2D eigenvalue weighted by Crippen LogP contribution is 2.32. The van der Waals surface area contributed by atoms with Crippen LogP contribution in [-0.2, 0) is 18.3 Å². The lowest BCUT2D eigenvalue weighted by Crippen LogP contribution is -2.42. The predicted octanol–water partition coefficient (Wildman–Crippen LogP) is 3.49. The van der Waals surface area contributed by atoms with Crippen LogP contribution in [0, 0.1) is 5.92 Å². The van der Waals surface area contributed by atoms with Crippen LogP contribution in [0.1, 0.15) is 36.8 Å². The summed E-state index contributed by atoms with van der Waals surface area (Å²) in [6, 6.07) is 8.42. The number of carbonyl (C=O) groups is 1. The van der Waals surface area contributed by atoms with Gasteiger partial charge in [-0.25, -0.2) is 0 Å². The van der Waals surface area contributed by atoms with E-state index in [0.717, 1.165) is 37.9 Å². The maximum absolute atomic E-state index is 13.0. The van der Waals surface area contributed by atoms with Gasteiger partial charge in [-0.05, 0) is 36.5 Å². The van der Waals surface area contributed by atoms with E-state index in [1.54, 1.807) is 4.68 Å². The Balaban J connectivity index is 1.46. The molecule has 0 saturated carbocycles. The van der Waals surface area contributed by atoms with Gasteiger partial charge in [-0.2, -0.15) is 5.10 Å². The van der Waals surface area contributed by atoms with Gasteiger partial charge in [-0.3, -0.25) is 9.48 Å². The van der Waals surface area contributed by atoms with Crippen molar-refractivity contribution in [3.8, 4) is 0 Å². The van der Waals surface area contributed by atoms with Crippen LogP contribution in [0.15, 0.2) is 42.9 Å². The third-order valence-electron chi connectivity index (χ3n) is 5.52. The van der Waals surface area contributed by atoms with E-state index in [-0.39, 0.29) is 11.8 Å². The summed E-state index contributed by atoms with van der Waals surface area (Å²) in [5.41, 5.74) is 3.65. The molecular weight excluding hydrogens is 324 g/mol. The molecule has 1 saturated heterocycles. The van der Waals surface area contributed by atoms with E-state index in [2.05, 4.69) is 45.4 Å². The number of piperidine rings is 1. The van der Waals surface area contributed by atoms with Gasteiger partial charge >= 0.3 is 0 Å². The molecule has 2 aromatic heterocycles. The molecule has 0 bridgehead atoms. The maximum Gasteiger partial charge on any atom is 0.225 e. The largest absolute Gasteiger partial charge is 0.361 e. The van der Waals surface area contributed by atoms with Crippen LogP contribution in [-0.4, -0.2) is 38.7 Å².